The largest absolute Gasteiger partial charge is 0.480 e. The van der Waals surface area contributed by atoms with Gasteiger partial charge >= 0.3 is 5.97 Å². The standard InChI is InChI=1S/C18H33N7O6/c1-9(14(27)24-12(17(30)31)6-4-8-22-18(19)20)23-16(29)13(10(2)26)25-15(28)11-5-3-7-21-11/h9-13,21,26H,3-8H2,1-2H3,(H,23,29)(H,24,27)(H,25,28)(H,30,31)(H4,19,20,22). The highest BCUT2D eigenvalue weighted by atomic mass is 16.4. The number of guanidine groups is 1. The minimum Gasteiger partial charge on any atom is -0.480 e. The van der Waals surface area contributed by atoms with Gasteiger partial charge in [0, 0.05) is 6.54 Å². The second-order valence-electron chi connectivity index (χ2n) is 7.45. The van der Waals surface area contributed by atoms with Gasteiger partial charge in [-0.05, 0) is 46.1 Å². The highest BCUT2D eigenvalue weighted by Crippen LogP contribution is 2.06. The first kappa shape index (κ1) is 26.1. The Hall–Kier alpha value is -2.93. The number of aliphatic carboxylic acids is 1. The number of hydrogen-bond acceptors (Lipinski definition) is 7. The maximum Gasteiger partial charge on any atom is 0.326 e. The molecule has 13 heteroatoms. The summed E-state index contributed by atoms with van der Waals surface area (Å²) in [6.07, 6.45) is 0.652. The summed E-state index contributed by atoms with van der Waals surface area (Å²) in [7, 11) is 0. The molecule has 0 bridgehead atoms. The second-order valence-corrected chi connectivity index (χ2v) is 7.45. The van der Waals surface area contributed by atoms with Crippen molar-refractivity contribution in [3.8, 4) is 0 Å². The van der Waals surface area contributed by atoms with Crippen molar-refractivity contribution in [3.63, 3.8) is 0 Å². The lowest BCUT2D eigenvalue weighted by atomic mass is 10.1. The maximum absolute atomic E-state index is 12.5. The van der Waals surface area contributed by atoms with Gasteiger partial charge in [-0.1, -0.05) is 0 Å². The normalized spacial score (nSPS) is 19.4. The van der Waals surface area contributed by atoms with Gasteiger partial charge in [0.05, 0.1) is 12.1 Å². The molecule has 0 spiro atoms. The highest BCUT2D eigenvalue weighted by molar-refractivity contribution is 5.94. The summed E-state index contributed by atoms with van der Waals surface area (Å²) in [5, 5.41) is 29.4. The van der Waals surface area contributed by atoms with E-state index in [0.717, 1.165) is 6.42 Å². The van der Waals surface area contributed by atoms with Crippen LogP contribution in [0.2, 0.25) is 0 Å². The van der Waals surface area contributed by atoms with Crippen molar-refractivity contribution in [2.45, 2.75) is 69.8 Å². The van der Waals surface area contributed by atoms with Crippen molar-refractivity contribution in [2.24, 2.45) is 16.5 Å². The summed E-state index contributed by atoms with van der Waals surface area (Å²) in [5.74, 6) is -3.26. The highest BCUT2D eigenvalue weighted by Gasteiger charge is 2.32. The number of amides is 3. The number of nitrogens with zero attached hydrogens (tertiary/aromatic N) is 1. The van der Waals surface area contributed by atoms with E-state index in [0.29, 0.717) is 19.4 Å². The molecule has 5 unspecified atom stereocenters. The number of aliphatic imine (C=N–C) groups is 1. The van der Waals surface area contributed by atoms with E-state index in [1.54, 1.807) is 0 Å². The minimum atomic E-state index is -1.26. The van der Waals surface area contributed by atoms with Crippen LogP contribution in [0.25, 0.3) is 0 Å². The zero-order chi connectivity index (χ0) is 23.6. The van der Waals surface area contributed by atoms with Crippen LogP contribution in [-0.2, 0) is 19.2 Å². The Kier molecular flexibility index (Phi) is 10.7. The molecule has 0 aliphatic carbocycles. The maximum atomic E-state index is 12.5. The van der Waals surface area contributed by atoms with Crippen molar-refractivity contribution in [1.82, 2.24) is 21.3 Å². The Bertz CT molecular complexity index is 674. The Morgan fingerprint density at radius 3 is 2.32 bits per heavy atom. The number of aliphatic hydroxyl groups is 1. The third-order valence-corrected chi connectivity index (χ3v) is 4.75. The van der Waals surface area contributed by atoms with Gasteiger partial charge in [0.2, 0.25) is 17.7 Å². The molecule has 1 aliphatic rings. The first-order valence-corrected chi connectivity index (χ1v) is 10.1. The lowest BCUT2D eigenvalue weighted by molar-refractivity contribution is -0.142. The van der Waals surface area contributed by atoms with Crippen molar-refractivity contribution in [3.05, 3.63) is 0 Å². The minimum absolute atomic E-state index is 0.0826. The summed E-state index contributed by atoms with van der Waals surface area (Å²) < 4.78 is 0. The monoisotopic (exact) mass is 443 g/mol. The fourth-order valence-corrected chi connectivity index (χ4v) is 2.99. The van der Waals surface area contributed by atoms with E-state index in [-0.39, 0.29) is 18.9 Å². The fourth-order valence-electron chi connectivity index (χ4n) is 2.99. The van der Waals surface area contributed by atoms with Crippen LogP contribution in [0.1, 0.15) is 39.5 Å². The molecule has 0 radical (unpaired) electrons. The van der Waals surface area contributed by atoms with Crippen molar-refractivity contribution < 1.29 is 29.4 Å². The summed E-state index contributed by atoms with van der Waals surface area (Å²) in [6, 6.07) is -4.00. The number of rotatable bonds is 12. The molecular weight excluding hydrogens is 410 g/mol. The predicted molar refractivity (Wildman–Crippen MR) is 112 cm³/mol. The van der Waals surface area contributed by atoms with E-state index in [4.69, 9.17) is 11.5 Å². The molecule has 3 amide bonds. The molecule has 1 rings (SSSR count). The van der Waals surface area contributed by atoms with Gasteiger partial charge in [-0.25, -0.2) is 4.79 Å². The molecule has 31 heavy (non-hydrogen) atoms. The molecule has 10 N–H and O–H groups in total. The molecule has 0 aromatic heterocycles. The van der Waals surface area contributed by atoms with Crippen molar-refractivity contribution in [1.29, 1.82) is 0 Å². The van der Waals surface area contributed by atoms with Gasteiger partial charge in [-0.3, -0.25) is 19.4 Å². The summed E-state index contributed by atoms with van der Waals surface area (Å²) in [4.78, 5) is 52.2. The SMILES string of the molecule is CC(NC(=O)C(NC(=O)C1CCCN1)C(C)O)C(=O)NC(CCCN=C(N)N)C(=O)O. The number of nitrogens with two attached hydrogens (primary N) is 2. The van der Waals surface area contributed by atoms with Gasteiger partial charge in [-0.15, -0.1) is 0 Å². The van der Waals surface area contributed by atoms with Gasteiger partial charge < -0.3 is 42.9 Å². The molecule has 0 saturated carbocycles. The number of carboxylic acid groups (broad SMARTS) is 1. The van der Waals surface area contributed by atoms with Crippen molar-refractivity contribution >= 4 is 29.7 Å². The number of carboxylic acids is 1. The average Bonchev–Trinajstić information content (AvgIpc) is 3.22. The molecule has 1 heterocycles. The van der Waals surface area contributed by atoms with Crippen LogP contribution in [0.4, 0.5) is 0 Å². The predicted octanol–water partition coefficient (Wildman–Crippen LogP) is -3.27. The van der Waals surface area contributed by atoms with Crippen LogP contribution < -0.4 is 32.7 Å². The molecule has 0 aromatic carbocycles. The lowest BCUT2D eigenvalue weighted by Crippen LogP contribution is -2.59. The third kappa shape index (κ3) is 9.17. The third-order valence-electron chi connectivity index (χ3n) is 4.75. The fraction of sp³-hybridized carbons (Fsp3) is 0.722. The zero-order valence-corrected chi connectivity index (χ0v) is 17.8. The first-order chi connectivity index (χ1) is 14.5. The summed E-state index contributed by atoms with van der Waals surface area (Å²) in [5.41, 5.74) is 10.4. The zero-order valence-electron chi connectivity index (χ0n) is 17.8. The topological polar surface area (TPSA) is 221 Å². The van der Waals surface area contributed by atoms with Gasteiger partial charge in [0.1, 0.15) is 18.1 Å². The Morgan fingerprint density at radius 1 is 1.13 bits per heavy atom. The second kappa shape index (κ2) is 12.7. The first-order valence-electron chi connectivity index (χ1n) is 10.1. The van der Waals surface area contributed by atoms with E-state index in [2.05, 4.69) is 26.3 Å². The summed E-state index contributed by atoms with van der Waals surface area (Å²) in [6.45, 7) is 3.61. The average molecular weight is 444 g/mol. The van der Waals surface area contributed by atoms with E-state index in [1.807, 2.05) is 0 Å². The van der Waals surface area contributed by atoms with E-state index < -0.39 is 54.0 Å². The molecule has 176 valence electrons. The smallest absolute Gasteiger partial charge is 0.326 e. The van der Waals surface area contributed by atoms with Crippen LogP contribution in [0.15, 0.2) is 4.99 Å². The Morgan fingerprint density at radius 2 is 1.81 bits per heavy atom. The molecule has 1 saturated heterocycles. The van der Waals surface area contributed by atoms with E-state index in [1.165, 1.54) is 13.8 Å². The number of carbonyl (C=O) groups is 4. The van der Waals surface area contributed by atoms with Crippen LogP contribution in [0, 0.1) is 0 Å². The van der Waals surface area contributed by atoms with Gasteiger partial charge in [0.25, 0.3) is 0 Å². The molecule has 1 aliphatic heterocycles. The number of hydrogen-bond donors (Lipinski definition) is 8. The Labute approximate surface area is 180 Å². The molecular formula is C18H33N7O6. The van der Waals surface area contributed by atoms with Crippen LogP contribution in [0.5, 0.6) is 0 Å². The summed E-state index contributed by atoms with van der Waals surface area (Å²) >= 11 is 0. The Balaban J connectivity index is 2.61. The molecule has 1 fully saturated rings. The van der Waals surface area contributed by atoms with Crippen LogP contribution in [-0.4, -0.2) is 83.2 Å². The molecule has 5 atom stereocenters. The van der Waals surface area contributed by atoms with Gasteiger partial charge in [-0.2, -0.15) is 0 Å². The molecule has 13 nitrogen and oxygen atoms in total. The van der Waals surface area contributed by atoms with E-state index >= 15 is 0 Å². The lowest BCUT2D eigenvalue weighted by Gasteiger charge is -2.25. The quantitative estimate of drug-likeness (QED) is 0.0859. The van der Waals surface area contributed by atoms with Crippen LogP contribution in [0.3, 0.4) is 0 Å². The van der Waals surface area contributed by atoms with Crippen molar-refractivity contribution in [2.75, 3.05) is 13.1 Å². The number of aliphatic hydroxyl groups excluding tert-OH is 1. The van der Waals surface area contributed by atoms with Gasteiger partial charge in [0.15, 0.2) is 5.96 Å². The number of carbonyl (C=O) groups excluding carboxylic acids is 3. The number of nitrogens with one attached hydrogen (secondary N) is 4. The van der Waals surface area contributed by atoms with E-state index in [9.17, 15) is 29.4 Å². The molecule has 0 aromatic rings. The van der Waals surface area contributed by atoms with Crippen LogP contribution >= 0.6 is 0 Å².